The van der Waals surface area contributed by atoms with Gasteiger partial charge in [0.15, 0.2) is 5.78 Å². The van der Waals surface area contributed by atoms with Gasteiger partial charge in [-0.15, -0.1) is 0 Å². The predicted octanol–water partition coefficient (Wildman–Crippen LogP) is 5.80. The van der Waals surface area contributed by atoms with Gasteiger partial charge >= 0.3 is 5.97 Å². The molecule has 38 heavy (non-hydrogen) atoms. The second kappa shape index (κ2) is 17.0. The van der Waals surface area contributed by atoms with Gasteiger partial charge in [0.05, 0.1) is 6.10 Å². The van der Waals surface area contributed by atoms with Crippen LogP contribution in [0.15, 0.2) is 11.6 Å². The molecule has 0 heterocycles. The molecule has 0 saturated heterocycles. The van der Waals surface area contributed by atoms with Crippen LogP contribution in [0.3, 0.4) is 0 Å². The number of unbranched alkanes of at least 4 members (excludes halogenated alkanes) is 1. The summed E-state index contributed by atoms with van der Waals surface area (Å²) in [6, 6.07) is 0. The van der Waals surface area contributed by atoms with Crippen molar-refractivity contribution in [2.45, 2.75) is 119 Å². The SMILES string of the molecule is CC.CC(=O)C1CCC2C3CCC4=CC(=O)CCC4(C)C3C(O)CC12C.CCC(=O)O.CCCC=O.CO. The molecule has 0 spiro atoms. The van der Waals surface area contributed by atoms with Crippen LogP contribution >= 0.6 is 0 Å². The smallest absolute Gasteiger partial charge is 0.303 e. The van der Waals surface area contributed by atoms with Crippen LogP contribution < -0.4 is 0 Å². The fraction of sp³-hybridized carbons (Fsp3) is 0.806. The number of carboxylic acid groups (broad SMARTS) is 1. The van der Waals surface area contributed by atoms with Gasteiger partial charge in [-0.2, -0.15) is 0 Å². The first-order valence-electron chi connectivity index (χ1n) is 14.5. The topological polar surface area (TPSA) is 129 Å². The molecule has 7 nitrogen and oxygen atoms in total. The fourth-order valence-electron chi connectivity index (χ4n) is 7.47. The Bertz CT molecular complexity index is 804. The fourth-order valence-corrected chi connectivity index (χ4v) is 7.47. The third-order valence-electron chi connectivity index (χ3n) is 9.09. The molecule has 3 fully saturated rings. The molecular weight excluding hydrogens is 484 g/mol. The van der Waals surface area contributed by atoms with Crippen molar-refractivity contribution in [1.29, 1.82) is 0 Å². The van der Waals surface area contributed by atoms with Crippen molar-refractivity contribution in [3.63, 3.8) is 0 Å². The van der Waals surface area contributed by atoms with E-state index in [0.29, 0.717) is 30.5 Å². The number of carboxylic acids is 1. The van der Waals surface area contributed by atoms with Crippen LogP contribution in [0.2, 0.25) is 0 Å². The van der Waals surface area contributed by atoms with E-state index in [9.17, 15) is 24.3 Å². The van der Waals surface area contributed by atoms with Crippen LogP contribution in [0.1, 0.15) is 113 Å². The van der Waals surface area contributed by atoms with E-state index in [1.807, 2.05) is 26.8 Å². The van der Waals surface area contributed by atoms with Crippen molar-refractivity contribution in [2.75, 3.05) is 7.11 Å². The van der Waals surface area contributed by atoms with E-state index in [0.717, 1.165) is 58.3 Å². The molecule has 0 aromatic carbocycles. The van der Waals surface area contributed by atoms with Gasteiger partial charge in [-0.25, -0.2) is 0 Å². The van der Waals surface area contributed by atoms with Crippen LogP contribution in [0, 0.1) is 34.5 Å². The maximum atomic E-state index is 12.2. The van der Waals surface area contributed by atoms with Crippen molar-refractivity contribution in [1.82, 2.24) is 0 Å². The third kappa shape index (κ3) is 8.32. The van der Waals surface area contributed by atoms with Crippen LogP contribution in [0.4, 0.5) is 0 Å². The lowest BCUT2D eigenvalue weighted by atomic mass is 9.46. The first-order chi connectivity index (χ1) is 18.0. The third-order valence-corrected chi connectivity index (χ3v) is 9.09. The summed E-state index contributed by atoms with van der Waals surface area (Å²) in [5, 5.41) is 25.9. The zero-order valence-electron chi connectivity index (χ0n) is 25.1. The van der Waals surface area contributed by atoms with Gasteiger partial charge in [-0.1, -0.05) is 47.1 Å². The number of aldehydes is 1. The standard InChI is InChI=1S/C21H30O3.C4H8O.C3H6O2.C2H6.CH4O/c1-12(22)16-6-7-17-15-5-4-13-10-14(23)8-9-20(13,2)19(15)18(24)11-21(16,17)3;1-2-3-4-5;1-2-3(4)5;2*1-2/h10,15-19,24H,4-9,11H2,1-3H3;4H,2-3H2,1H3;2H2,1H3,(H,4,5);1-2H3;2H,1H3. The van der Waals surface area contributed by atoms with Crippen molar-refractivity contribution < 1.29 is 34.5 Å². The molecule has 7 unspecified atom stereocenters. The number of carbonyl (C=O) groups is 4. The van der Waals surface area contributed by atoms with Gasteiger partial charge in [-0.3, -0.25) is 14.4 Å². The lowest BCUT2D eigenvalue weighted by Gasteiger charge is -2.59. The second-order valence-electron chi connectivity index (χ2n) is 11.1. The Kier molecular flexibility index (Phi) is 16.1. The molecule has 4 aliphatic rings. The minimum atomic E-state index is -0.745. The van der Waals surface area contributed by atoms with E-state index in [1.54, 1.807) is 13.8 Å². The molecule has 4 rings (SSSR count). The predicted molar refractivity (Wildman–Crippen MR) is 151 cm³/mol. The molecule has 7 atom stereocenters. The lowest BCUT2D eigenvalue weighted by Crippen LogP contribution is -2.56. The highest BCUT2D eigenvalue weighted by Crippen LogP contribution is 2.66. The lowest BCUT2D eigenvalue weighted by molar-refractivity contribution is -0.143. The number of hydrogen-bond acceptors (Lipinski definition) is 6. The van der Waals surface area contributed by atoms with Crippen molar-refractivity contribution >= 4 is 23.8 Å². The number of rotatable bonds is 4. The normalized spacial score (nSPS) is 34.2. The van der Waals surface area contributed by atoms with E-state index < -0.39 is 5.97 Å². The number of carbonyl (C=O) groups excluding carboxylic acids is 3. The molecule has 0 aliphatic heterocycles. The Morgan fingerprint density at radius 1 is 1.08 bits per heavy atom. The van der Waals surface area contributed by atoms with Crippen LogP contribution in [-0.4, -0.2) is 52.4 Å². The number of aliphatic hydroxyl groups is 2. The molecule has 220 valence electrons. The minimum Gasteiger partial charge on any atom is -0.481 e. The molecule has 3 saturated carbocycles. The van der Waals surface area contributed by atoms with Crippen LogP contribution in [0.25, 0.3) is 0 Å². The average molecular weight is 539 g/mol. The number of fused-ring (bicyclic) bond motifs is 5. The molecule has 7 heteroatoms. The van der Waals surface area contributed by atoms with E-state index in [2.05, 4.69) is 13.8 Å². The van der Waals surface area contributed by atoms with Crippen LogP contribution in [0.5, 0.6) is 0 Å². The Morgan fingerprint density at radius 2 is 1.66 bits per heavy atom. The highest BCUT2D eigenvalue weighted by atomic mass is 16.4. The number of hydrogen-bond donors (Lipinski definition) is 3. The summed E-state index contributed by atoms with van der Waals surface area (Å²) in [6.07, 6.45) is 10.8. The Hall–Kier alpha value is -1.86. The van der Waals surface area contributed by atoms with Crippen LogP contribution in [-0.2, 0) is 19.2 Å². The Morgan fingerprint density at radius 3 is 2.11 bits per heavy atom. The highest BCUT2D eigenvalue weighted by Gasteiger charge is 2.62. The van der Waals surface area contributed by atoms with Gasteiger partial charge < -0.3 is 20.1 Å². The summed E-state index contributed by atoms with van der Waals surface area (Å²) in [7, 11) is 1.00. The van der Waals surface area contributed by atoms with Gasteiger partial charge in [0.25, 0.3) is 0 Å². The summed E-state index contributed by atoms with van der Waals surface area (Å²) in [5.74, 6) is 1.24. The summed E-state index contributed by atoms with van der Waals surface area (Å²) < 4.78 is 0. The Labute approximate surface area is 230 Å². The largest absolute Gasteiger partial charge is 0.481 e. The molecule has 0 radical (unpaired) electrons. The summed E-state index contributed by atoms with van der Waals surface area (Å²) in [4.78, 5) is 42.8. The molecular formula is C31H54O7. The second-order valence-corrected chi connectivity index (χ2v) is 11.1. The van der Waals surface area contributed by atoms with Gasteiger partial charge in [0.1, 0.15) is 12.1 Å². The number of aliphatic carboxylic acids is 1. The number of Topliss-reactive ketones (excluding diaryl/α,β-unsaturated/α-hetero) is 1. The van der Waals surface area contributed by atoms with E-state index in [1.165, 1.54) is 5.57 Å². The maximum Gasteiger partial charge on any atom is 0.303 e. The van der Waals surface area contributed by atoms with E-state index in [4.69, 9.17) is 10.2 Å². The highest BCUT2D eigenvalue weighted by molar-refractivity contribution is 5.91. The molecule has 4 aliphatic carbocycles. The van der Waals surface area contributed by atoms with E-state index >= 15 is 0 Å². The van der Waals surface area contributed by atoms with Gasteiger partial charge in [0, 0.05) is 32.3 Å². The summed E-state index contributed by atoms with van der Waals surface area (Å²) >= 11 is 0. The number of allylic oxidation sites excluding steroid dienone is 1. The van der Waals surface area contributed by atoms with E-state index in [-0.39, 0.29) is 41.0 Å². The maximum absolute atomic E-state index is 12.2. The first-order valence-corrected chi connectivity index (χ1v) is 14.5. The molecule has 0 bridgehead atoms. The van der Waals surface area contributed by atoms with Gasteiger partial charge in [0.2, 0.25) is 0 Å². The quantitative estimate of drug-likeness (QED) is 0.386. The van der Waals surface area contributed by atoms with Crippen molar-refractivity contribution in [3.8, 4) is 0 Å². The zero-order valence-corrected chi connectivity index (χ0v) is 25.1. The van der Waals surface area contributed by atoms with Crippen molar-refractivity contribution in [3.05, 3.63) is 11.6 Å². The zero-order chi connectivity index (χ0) is 29.7. The summed E-state index contributed by atoms with van der Waals surface area (Å²) in [5.41, 5.74) is 1.23. The molecule has 3 N–H and O–H groups in total. The molecule has 0 aromatic heterocycles. The summed E-state index contributed by atoms with van der Waals surface area (Å²) in [6.45, 7) is 13.9. The molecule has 0 aromatic rings. The monoisotopic (exact) mass is 538 g/mol. The van der Waals surface area contributed by atoms with Crippen molar-refractivity contribution in [2.24, 2.45) is 34.5 Å². The van der Waals surface area contributed by atoms with Gasteiger partial charge in [-0.05, 0) is 86.5 Å². The first kappa shape index (κ1) is 36.1. The Balaban J connectivity index is 0.000000824. The number of ketones is 2. The number of aliphatic hydroxyl groups excluding tert-OH is 2. The average Bonchev–Trinajstić information content (AvgIpc) is 3.24. The molecule has 0 amide bonds. The minimum absolute atomic E-state index is 0.0219.